The summed E-state index contributed by atoms with van der Waals surface area (Å²) in [7, 11) is 0. The van der Waals surface area contributed by atoms with E-state index in [0.29, 0.717) is 11.8 Å². The lowest BCUT2D eigenvalue weighted by Gasteiger charge is -2.00. The van der Waals surface area contributed by atoms with Gasteiger partial charge < -0.3 is 9.72 Å². The third kappa shape index (κ3) is 1.77. The molecule has 0 saturated heterocycles. The second-order valence-electron chi connectivity index (χ2n) is 4.46. The van der Waals surface area contributed by atoms with Gasteiger partial charge in [-0.1, -0.05) is 30.3 Å². The molecular weight excluding hydrogens is 254 g/mol. The summed E-state index contributed by atoms with van der Waals surface area (Å²) in [4.78, 5) is 26.3. The second kappa shape index (κ2) is 4.81. The molecule has 0 amide bonds. The minimum Gasteiger partial charge on any atom is -0.461 e. The number of H-pyrrole nitrogens is 1. The Labute approximate surface area is 115 Å². The summed E-state index contributed by atoms with van der Waals surface area (Å²) in [5.74, 6) is -0.505. The van der Waals surface area contributed by atoms with Crippen LogP contribution in [-0.2, 0) is 4.74 Å². The van der Waals surface area contributed by atoms with Crippen molar-refractivity contribution in [3.05, 3.63) is 47.7 Å². The van der Waals surface area contributed by atoms with Crippen LogP contribution in [0.5, 0.6) is 0 Å². The highest BCUT2D eigenvalue weighted by atomic mass is 16.5. The van der Waals surface area contributed by atoms with Crippen molar-refractivity contribution in [1.82, 2.24) is 4.98 Å². The van der Waals surface area contributed by atoms with Crippen molar-refractivity contribution in [3.63, 3.8) is 0 Å². The number of nitrogens with one attached hydrogen (secondary N) is 1. The average Bonchev–Trinajstić information content (AvgIpc) is 2.86. The maximum absolute atomic E-state index is 11.9. The largest absolute Gasteiger partial charge is 0.461 e. The first-order valence-electron chi connectivity index (χ1n) is 6.42. The molecule has 0 bridgehead atoms. The predicted molar refractivity (Wildman–Crippen MR) is 77.1 cm³/mol. The Bertz CT molecular complexity index is 817. The van der Waals surface area contributed by atoms with Gasteiger partial charge in [-0.3, -0.25) is 4.79 Å². The van der Waals surface area contributed by atoms with Crippen LogP contribution in [0, 0.1) is 0 Å². The molecule has 0 aliphatic carbocycles. The molecule has 0 aliphatic heterocycles. The van der Waals surface area contributed by atoms with Gasteiger partial charge in [-0.2, -0.15) is 0 Å². The SMILES string of the molecule is CCOC(=O)c1[nH]c2ccc3ccccc3c2c1C=O. The molecule has 4 heteroatoms. The van der Waals surface area contributed by atoms with Gasteiger partial charge >= 0.3 is 5.97 Å². The minimum atomic E-state index is -0.505. The Morgan fingerprint density at radius 2 is 2.05 bits per heavy atom. The first-order chi connectivity index (χ1) is 9.76. The van der Waals surface area contributed by atoms with Gasteiger partial charge in [-0.25, -0.2) is 4.79 Å². The molecule has 1 N–H and O–H groups in total. The fraction of sp³-hybridized carbons (Fsp3) is 0.125. The zero-order chi connectivity index (χ0) is 14.1. The highest BCUT2D eigenvalue weighted by Gasteiger charge is 2.19. The van der Waals surface area contributed by atoms with Crippen molar-refractivity contribution < 1.29 is 14.3 Å². The molecule has 4 nitrogen and oxygen atoms in total. The van der Waals surface area contributed by atoms with E-state index in [1.807, 2.05) is 36.4 Å². The molecule has 0 radical (unpaired) electrons. The summed E-state index contributed by atoms with van der Waals surface area (Å²) in [5.41, 5.74) is 1.33. The summed E-state index contributed by atoms with van der Waals surface area (Å²) in [6.45, 7) is 2.00. The Morgan fingerprint density at radius 3 is 2.80 bits per heavy atom. The highest BCUT2D eigenvalue weighted by molar-refractivity contribution is 6.17. The molecule has 0 saturated carbocycles. The van der Waals surface area contributed by atoms with E-state index in [4.69, 9.17) is 4.74 Å². The molecule has 100 valence electrons. The number of carbonyl (C=O) groups is 2. The third-order valence-corrected chi connectivity index (χ3v) is 3.32. The van der Waals surface area contributed by atoms with E-state index < -0.39 is 5.97 Å². The molecule has 0 aliphatic rings. The molecular formula is C16H13NO3. The van der Waals surface area contributed by atoms with Gasteiger partial charge in [0.25, 0.3) is 0 Å². The second-order valence-corrected chi connectivity index (χ2v) is 4.46. The Kier molecular flexibility index (Phi) is 2.99. The molecule has 20 heavy (non-hydrogen) atoms. The number of carbonyl (C=O) groups excluding carboxylic acids is 2. The van der Waals surface area contributed by atoms with Crippen LogP contribution < -0.4 is 0 Å². The van der Waals surface area contributed by atoms with Gasteiger partial charge in [0.05, 0.1) is 12.2 Å². The lowest BCUT2D eigenvalue weighted by molar-refractivity contribution is 0.0518. The van der Waals surface area contributed by atoms with E-state index in [9.17, 15) is 9.59 Å². The van der Waals surface area contributed by atoms with Crippen LogP contribution in [0.15, 0.2) is 36.4 Å². The minimum absolute atomic E-state index is 0.216. The molecule has 3 aromatic rings. The number of hydrogen-bond donors (Lipinski definition) is 1. The number of esters is 1. The summed E-state index contributed by atoms with van der Waals surface area (Å²) < 4.78 is 4.98. The molecule has 1 aromatic heterocycles. The van der Waals surface area contributed by atoms with Crippen LogP contribution >= 0.6 is 0 Å². The lowest BCUT2D eigenvalue weighted by atomic mass is 10.0. The van der Waals surface area contributed by atoms with Crippen LogP contribution in [0.4, 0.5) is 0 Å². The van der Waals surface area contributed by atoms with Gasteiger partial charge in [-0.15, -0.1) is 0 Å². The fourth-order valence-corrected chi connectivity index (χ4v) is 2.47. The maximum Gasteiger partial charge on any atom is 0.355 e. The van der Waals surface area contributed by atoms with Gasteiger partial charge in [0, 0.05) is 10.9 Å². The molecule has 0 atom stereocenters. The van der Waals surface area contributed by atoms with Crippen LogP contribution in [-0.4, -0.2) is 23.8 Å². The normalized spacial score (nSPS) is 10.8. The maximum atomic E-state index is 11.9. The average molecular weight is 267 g/mol. The number of fused-ring (bicyclic) bond motifs is 3. The lowest BCUT2D eigenvalue weighted by Crippen LogP contribution is -2.07. The monoisotopic (exact) mass is 267 g/mol. The summed E-state index contributed by atoms with van der Waals surface area (Å²) in [6.07, 6.45) is 0.706. The van der Waals surface area contributed by atoms with E-state index in [-0.39, 0.29) is 12.3 Å². The van der Waals surface area contributed by atoms with Gasteiger partial charge in [0.2, 0.25) is 0 Å². The fourth-order valence-electron chi connectivity index (χ4n) is 2.47. The number of ether oxygens (including phenoxy) is 1. The molecule has 3 rings (SSSR count). The standard InChI is InChI=1S/C16H13NO3/c1-2-20-16(19)15-12(9-18)14-11-6-4-3-5-10(11)7-8-13(14)17-15/h3-9,17H,2H2,1H3. The number of benzene rings is 2. The first-order valence-corrected chi connectivity index (χ1v) is 6.42. The zero-order valence-electron chi connectivity index (χ0n) is 11.0. The third-order valence-electron chi connectivity index (χ3n) is 3.32. The number of aromatic nitrogens is 1. The predicted octanol–water partition coefficient (Wildman–Crippen LogP) is 3.31. The van der Waals surface area contributed by atoms with Crippen molar-refractivity contribution in [3.8, 4) is 0 Å². The molecule has 0 spiro atoms. The summed E-state index contributed by atoms with van der Waals surface area (Å²) >= 11 is 0. The molecule has 0 fully saturated rings. The quantitative estimate of drug-likeness (QED) is 0.585. The van der Waals surface area contributed by atoms with E-state index in [2.05, 4.69) is 4.98 Å². The number of hydrogen-bond acceptors (Lipinski definition) is 3. The highest BCUT2D eigenvalue weighted by Crippen LogP contribution is 2.29. The molecule has 2 aromatic carbocycles. The molecule has 0 unspecified atom stereocenters. The van der Waals surface area contributed by atoms with Gasteiger partial charge in [-0.05, 0) is 23.8 Å². The Morgan fingerprint density at radius 1 is 1.25 bits per heavy atom. The van der Waals surface area contributed by atoms with Crippen molar-refractivity contribution in [1.29, 1.82) is 0 Å². The van der Waals surface area contributed by atoms with Crippen molar-refractivity contribution >= 4 is 33.9 Å². The smallest absolute Gasteiger partial charge is 0.355 e. The Balaban J connectivity index is 2.37. The summed E-state index contributed by atoms with van der Waals surface area (Å²) in [5, 5.41) is 2.73. The van der Waals surface area contributed by atoms with Crippen LogP contribution in [0.2, 0.25) is 0 Å². The molecule has 1 heterocycles. The van der Waals surface area contributed by atoms with Crippen LogP contribution in [0.3, 0.4) is 0 Å². The van der Waals surface area contributed by atoms with E-state index >= 15 is 0 Å². The number of aromatic amines is 1. The van der Waals surface area contributed by atoms with Crippen LogP contribution in [0.25, 0.3) is 21.7 Å². The topological polar surface area (TPSA) is 59.2 Å². The van der Waals surface area contributed by atoms with Gasteiger partial charge in [0.1, 0.15) is 5.69 Å². The van der Waals surface area contributed by atoms with Crippen molar-refractivity contribution in [2.75, 3.05) is 6.61 Å². The van der Waals surface area contributed by atoms with Crippen molar-refractivity contribution in [2.45, 2.75) is 6.92 Å². The number of aldehydes is 1. The van der Waals surface area contributed by atoms with E-state index in [1.54, 1.807) is 6.92 Å². The number of rotatable bonds is 3. The Hall–Kier alpha value is -2.62. The first kappa shape index (κ1) is 12.4. The van der Waals surface area contributed by atoms with Crippen LogP contribution in [0.1, 0.15) is 27.8 Å². The van der Waals surface area contributed by atoms with Gasteiger partial charge in [0.15, 0.2) is 6.29 Å². The zero-order valence-corrected chi connectivity index (χ0v) is 11.0. The van der Waals surface area contributed by atoms with E-state index in [0.717, 1.165) is 21.7 Å². The van der Waals surface area contributed by atoms with E-state index in [1.165, 1.54) is 0 Å². The summed E-state index contributed by atoms with van der Waals surface area (Å²) in [6, 6.07) is 11.6. The van der Waals surface area contributed by atoms with Crippen molar-refractivity contribution in [2.24, 2.45) is 0 Å².